The molecule has 0 aromatic heterocycles. The Hall–Kier alpha value is -1.06. The van der Waals surface area contributed by atoms with E-state index in [0.29, 0.717) is 5.75 Å². The smallest absolute Gasteiger partial charge is 0.118 e. The van der Waals surface area contributed by atoms with Gasteiger partial charge < -0.3 is 16.1 Å². The molecule has 0 saturated carbocycles. The Morgan fingerprint density at radius 1 is 1.10 bits per heavy atom. The molecule has 0 atom stereocenters. The summed E-state index contributed by atoms with van der Waals surface area (Å²) in [6.07, 6.45) is 0. The Labute approximate surface area is 59.6 Å². The fourth-order valence-electron chi connectivity index (χ4n) is 0.563. The van der Waals surface area contributed by atoms with E-state index in [2.05, 4.69) is 0 Å². The first-order valence-corrected chi connectivity index (χ1v) is 2.55. The first-order valence-electron chi connectivity index (χ1n) is 2.55. The summed E-state index contributed by atoms with van der Waals surface area (Å²) >= 11 is 0. The van der Waals surface area contributed by atoms with E-state index in [1.807, 2.05) is 25.1 Å². The van der Waals surface area contributed by atoms with Gasteiger partial charge in [-0.15, -0.1) is 0 Å². The molecule has 0 heterocycles. The average molecular weight is 144 g/mol. The highest BCUT2D eigenvalue weighted by atomic mass is 16.3. The lowest BCUT2D eigenvalue weighted by Gasteiger charge is -1.92. The van der Waals surface area contributed by atoms with Gasteiger partial charge in [0.2, 0.25) is 0 Å². The number of phenols is 1. The van der Waals surface area contributed by atoms with Crippen LogP contribution in [0.15, 0.2) is 24.3 Å². The summed E-state index contributed by atoms with van der Waals surface area (Å²) in [7, 11) is 0. The van der Waals surface area contributed by atoms with Crippen LogP contribution < -0.4 is 0 Å². The number of hydrogen-bond donors (Lipinski definition) is 1. The van der Waals surface area contributed by atoms with E-state index in [1.165, 1.54) is 0 Å². The summed E-state index contributed by atoms with van der Waals surface area (Å²) in [4.78, 5) is 0. The molecule has 0 amide bonds. The summed E-state index contributed by atoms with van der Waals surface area (Å²) in [5.74, 6) is 0.368. The molecule has 0 bridgehead atoms. The fourth-order valence-corrected chi connectivity index (χ4v) is 0.563. The van der Waals surface area contributed by atoms with Crippen LogP contribution in [-0.4, -0.2) is 16.1 Å². The van der Waals surface area contributed by atoms with Crippen molar-refractivity contribution in [3.05, 3.63) is 29.8 Å². The van der Waals surface area contributed by atoms with Crippen molar-refractivity contribution in [2.24, 2.45) is 0 Å². The normalized spacial score (nSPS) is 7.30. The van der Waals surface area contributed by atoms with Crippen molar-refractivity contribution in [1.82, 2.24) is 0 Å². The molecule has 0 aliphatic heterocycles. The van der Waals surface area contributed by atoms with Gasteiger partial charge in [-0.1, -0.05) is 18.2 Å². The van der Waals surface area contributed by atoms with Gasteiger partial charge in [0, 0.05) is 0 Å². The zero-order valence-electron chi connectivity index (χ0n) is 5.76. The number of rotatable bonds is 0. The van der Waals surface area contributed by atoms with Crippen molar-refractivity contribution in [1.29, 1.82) is 0 Å². The van der Waals surface area contributed by atoms with Crippen molar-refractivity contribution in [3.8, 4) is 5.75 Å². The zero-order valence-corrected chi connectivity index (χ0v) is 5.76. The first kappa shape index (κ1) is 11.7. The van der Waals surface area contributed by atoms with Crippen molar-refractivity contribution < 1.29 is 16.1 Å². The lowest BCUT2D eigenvalue weighted by atomic mass is 10.2. The van der Waals surface area contributed by atoms with Crippen molar-refractivity contribution in [2.75, 3.05) is 0 Å². The van der Waals surface area contributed by atoms with E-state index in [4.69, 9.17) is 5.11 Å². The number of benzene rings is 1. The fraction of sp³-hybridized carbons (Fsp3) is 0.143. The van der Waals surface area contributed by atoms with E-state index >= 15 is 0 Å². The predicted molar refractivity (Wildman–Crippen MR) is 40.1 cm³/mol. The summed E-state index contributed by atoms with van der Waals surface area (Å²) in [5.41, 5.74) is 0.924. The predicted octanol–water partition coefficient (Wildman–Crippen LogP) is 0.0512. The van der Waals surface area contributed by atoms with Crippen LogP contribution in [0.1, 0.15) is 5.56 Å². The van der Waals surface area contributed by atoms with Gasteiger partial charge in [-0.2, -0.15) is 0 Å². The maximum atomic E-state index is 8.92. The molecule has 0 aliphatic carbocycles. The molecule has 10 heavy (non-hydrogen) atoms. The molecule has 58 valence electrons. The minimum absolute atomic E-state index is 0. The first-order chi connectivity index (χ1) is 3.80. The highest BCUT2D eigenvalue weighted by molar-refractivity contribution is 5.29. The molecule has 0 spiro atoms. The summed E-state index contributed by atoms with van der Waals surface area (Å²) < 4.78 is 0. The Morgan fingerprint density at radius 3 is 1.90 bits per heavy atom. The van der Waals surface area contributed by atoms with Crippen molar-refractivity contribution in [2.45, 2.75) is 6.92 Å². The second kappa shape index (κ2) is 4.78. The van der Waals surface area contributed by atoms with Gasteiger partial charge in [-0.25, -0.2) is 0 Å². The Kier molecular flexibility index (Phi) is 5.60. The molecule has 0 aliphatic rings. The molecule has 0 fully saturated rings. The molecule has 1 aromatic rings. The minimum Gasteiger partial charge on any atom is -0.508 e. The van der Waals surface area contributed by atoms with Crippen LogP contribution in [0.4, 0.5) is 0 Å². The largest absolute Gasteiger partial charge is 0.508 e. The average Bonchev–Trinajstić information content (AvgIpc) is 1.77. The molecule has 1 aromatic carbocycles. The third kappa shape index (κ3) is 2.48. The van der Waals surface area contributed by atoms with Crippen LogP contribution in [0.25, 0.3) is 0 Å². The van der Waals surface area contributed by atoms with Gasteiger partial charge in [-0.05, 0) is 18.6 Å². The quantitative estimate of drug-likeness (QED) is 0.548. The van der Waals surface area contributed by atoms with Gasteiger partial charge in [0.25, 0.3) is 0 Å². The van der Waals surface area contributed by atoms with Crippen LogP contribution in [0.2, 0.25) is 0 Å². The lowest BCUT2D eigenvalue weighted by molar-refractivity contribution is 0.471. The molecular formula is C7H12O3. The molecule has 3 nitrogen and oxygen atoms in total. The molecule has 5 N–H and O–H groups in total. The Morgan fingerprint density at radius 2 is 1.60 bits per heavy atom. The van der Waals surface area contributed by atoms with Crippen LogP contribution in [-0.2, 0) is 0 Å². The van der Waals surface area contributed by atoms with E-state index in [0.717, 1.165) is 5.56 Å². The van der Waals surface area contributed by atoms with Crippen LogP contribution in [0.3, 0.4) is 0 Å². The Bertz CT molecular complexity index is 165. The highest BCUT2D eigenvalue weighted by Crippen LogP contribution is 2.12. The topological polar surface area (TPSA) is 83.2 Å². The second-order valence-electron chi connectivity index (χ2n) is 1.79. The summed E-state index contributed by atoms with van der Waals surface area (Å²) in [6.45, 7) is 1.87. The zero-order chi connectivity index (χ0) is 5.98. The monoisotopic (exact) mass is 144 g/mol. The van der Waals surface area contributed by atoms with Gasteiger partial charge >= 0.3 is 0 Å². The number of phenolic OH excluding ortho intramolecular Hbond substituents is 1. The van der Waals surface area contributed by atoms with Gasteiger partial charge in [-0.3, -0.25) is 0 Å². The maximum absolute atomic E-state index is 8.92. The van der Waals surface area contributed by atoms with E-state index in [-0.39, 0.29) is 11.0 Å². The molecule has 0 radical (unpaired) electrons. The van der Waals surface area contributed by atoms with E-state index < -0.39 is 0 Å². The van der Waals surface area contributed by atoms with E-state index in [1.54, 1.807) is 6.07 Å². The van der Waals surface area contributed by atoms with Crippen LogP contribution >= 0.6 is 0 Å². The van der Waals surface area contributed by atoms with E-state index in [9.17, 15) is 0 Å². The van der Waals surface area contributed by atoms with Crippen LogP contribution in [0, 0.1) is 6.92 Å². The van der Waals surface area contributed by atoms with Crippen molar-refractivity contribution in [3.63, 3.8) is 0 Å². The maximum Gasteiger partial charge on any atom is 0.118 e. The third-order valence-electron chi connectivity index (χ3n) is 1.12. The number of aromatic hydroxyl groups is 1. The number of hydrogen-bond acceptors (Lipinski definition) is 1. The lowest BCUT2D eigenvalue weighted by Crippen LogP contribution is -1.68. The highest BCUT2D eigenvalue weighted by Gasteiger charge is 1.86. The van der Waals surface area contributed by atoms with Crippen molar-refractivity contribution >= 4 is 0 Å². The molecule has 0 saturated heterocycles. The molecule has 1 rings (SSSR count). The van der Waals surface area contributed by atoms with Crippen LogP contribution in [0.5, 0.6) is 5.75 Å². The number of aryl methyl sites for hydroxylation is 1. The van der Waals surface area contributed by atoms with Gasteiger partial charge in [0.1, 0.15) is 5.75 Å². The summed E-state index contributed by atoms with van der Waals surface area (Å²) in [5, 5.41) is 8.92. The van der Waals surface area contributed by atoms with Gasteiger partial charge in [0.15, 0.2) is 0 Å². The van der Waals surface area contributed by atoms with Gasteiger partial charge in [0.05, 0.1) is 0 Å². The second-order valence-corrected chi connectivity index (χ2v) is 1.79. The molecular weight excluding hydrogens is 132 g/mol. The molecule has 0 unspecified atom stereocenters. The summed E-state index contributed by atoms with van der Waals surface area (Å²) in [6, 6.07) is 7.25. The SMILES string of the molecule is Cc1ccccc1O.O.O. The molecule has 3 heteroatoms. The minimum atomic E-state index is 0. The number of para-hydroxylation sites is 1. The standard InChI is InChI=1S/C7H8O.2H2O/c1-6-4-2-3-5-7(6)8;;/h2-5,8H,1H3;2*1H2. The Balaban J connectivity index is 0. The third-order valence-corrected chi connectivity index (χ3v) is 1.12.